The van der Waals surface area contributed by atoms with Crippen molar-refractivity contribution < 1.29 is 22.8 Å². The van der Waals surface area contributed by atoms with Crippen LogP contribution >= 0.6 is 22.7 Å². The quantitative estimate of drug-likeness (QED) is 0.118. The Morgan fingerprint density at radius 2 is 1.48 bits per heavy atom. The van der Waals surface area contributed by atoms with Crippen molar-refractivity contribution in [1.29, 1.82) is 0 Å². The van der Waals surface area contributed by atoms with Gasteiger partial charge in [0.1, 0.15) is 4.83 Å². The maximum atomic E-state index is 9.04. The van der Waals surface area contributed by atoms with Gasteiger partial charge in [0.05, 0.1) is 24.9 Å². The number of aromatic nitrogens is 4. The van der Waals surface area contributed by atoms with E-state index in [9.17, 15) is 0 Å². The summed E-state index contributed by atoms with van der Waals surface area (Å²) in [5.74, 6) is 0.646. The van der Waals surface area contributed by atoms with Crippen molar-refractivity contribution in [3.8, 4) is 28.3 Å². The Kier molecular flexibility index (Phi) is 10.9. The van der Waals surface area contributed by atoms with E-state index in [0.29, 0.717) is 0 Å². The largest absolute Gasteiger partial charge is 0.333 e. The van der Waals surface area contributed by atoms with E-state index in [0.717, 1.165) is 66.2 Å². The van der Waals surface area contributed by atoms with Crippen LogP contribution in [0.3, 0.4) is 0 Å². The van der Waals surface area contributed by atoms with E-state index in [4.69, 9.17) is 12.7 Å². The molecule has 0 aliphatic carbocycles. The third kappa shape index (κ3) is 7.98. The summed E-state index contributed by atoms with van der Waals surface area (Å²) in [6.07, 6.45) is 0.400. The number of imidazole rings is 1. The van der Waals surface area contributed by atoms with E-state index in [1.165, 1.54) is 35.6 Å². The fourth-order valence-electron chi connectivity index (χ4n) is 8.12. The Labute approximate surface area is 388 Å². The fourth-order valence-corrected chi connectivity index (χ4v) is 11.8. The van der Waals surface area contributed by atoms with Crippen LogP contribution in [0.2, 0.25) is 19.6 Å². The van der Waals surface area contributed by atoms with Crippen molar-refractivity contribution in [3.63, 3.8) is 0 Å². The Morgan fingerprint density at radius 3 is 2.31 bits per heavy atom. The summed E-state index contributed by atoms with van der Waals surface area (Å²) >= 11 is 3.56. The van der Waals surface area contributed by atoms with Crippen LogP contribution < -0.4 is 5.19 Å². The number of rotatable bonds is 7. The zero-order chi connectivity index (χ0) is 43.5. The Hall–Kier alpha value is -5.60. The van der Waals surface area contributed by atoms with Gasteiger partial charge >= 0.3 is 0 Å². The van der Waals surface area contributed by atoms with Crippen molar-refractivity contribution in [2.45, 2.75) is 45.8 Å². The molecule has 5 aromatic heterocycles. The van der Waals surface area contributed by atoms with Crippen LogP contribution in [-0.2, 0) is 26.5 Å². The van der Waals surface area contributed by atoms with Crippen LogP contribution in [0.5, 0.6) is 0 Å². The Bertz CT molecular complexity index is 3470. The molecule has 1 atom stereocenters. The molecule has 1 unspecified atom stereocenters. The minimum Gasteiger partial charge on any atom is -0.333 e. The standard InChI is InChI=1S/C31H18N3S2.C23H26NSi.Ir/c1-18-13-15-22-21-8-6-9-23(29(21)36-31(22)32-18)30-33-25-10-3-4-11-26(25)34(30)19-14-16-28-24(17-19)20-7-2-5-12-27(20)35-28;1-18(19-11-7-5-8-12-19)15-21-16-22(20-13-9-6-10-14-20)24-17-23(21)25(2,3)4;/h2-8,10-17H,1H3;5-13,16-18H,15H2,1-4H3;/q2*-1;/i;15D2;. The number of aryl methyl sites for hydroxylation is 1. The molecule has 307 valence electrons. The second-order valence-corrected chi connectivity index (χ2v) is 23.6. The Morgan fingerprint density at radius 1 is 0.710 bits per heavy atom. The van der Waals surface area contributed by atoms with Gasteiger partial charge in [-0.15, -0.1) is 65.4 Å². The first-order valence-corrected chi connectivity index (χ1v) is 25.7. The van der Waals surface area contributed by atoms with Gasteiger partial charge in [0, 0.05) is 60.6 Å². The first-order valence-electron chi connectivity index (χ1n) is 21.6. The zero-order valence-corrected chi connectivity index (χ0v) is 40.1. The molecule has 62 heavy (non-hydrogen) atoms. The minimum absolute atomic E-state index is 0. The van der Waals surface area contributed by atoms with Crippen molar-refractivity contribution in [3.05, 3.63) is 187 Å². The summed E-state index contributed by atoms with van der Waals surface area (Å²) in [4.78, 5) is 15.7. The molecule has 0 saturated heterocycles. The monoisotopic (exact) mass is 1040 g/mol. The van der Waals surface area contributed by atoms with Gasteiger partial charge in [-0.2, -0.15) is 11.3 Å². The first-order chi connectivity index (χ1) is 30.5. The third-order valence-corrected chi connectivity index (χ3v) is 15.5. The van der Waals surface area contributed by atoms with Gasteiger partial charge in [-0.3, -0.25) is 4.98 Å². The van der Waals surface area contributed by atoms with Crippen LogP contribution in [0, 0.1) is 19.1 Å². The van der Waals surface area contributed by atoms with Crippen molar-refractivity contribution >= 4 is 87.4 Å². The van der Waals surface area contributed by atoms with Crippen LogP contribution in [-0.4, -0.2) is 27.6 Å². The number of nitrogens with zero attached hydrogens (tertiary/aromatic N) is 4. The number of pyridine rings is 2. The van der Waals surface area contributed by atoms with Gasteiger partial charge < -0.3 is 9.55 Å². The van der Waals surface area contributed by atoms with Gasteiger partial charge in [0.15, 0.2) is 0 Å². The smallest absolute Gasteiger partial charge is 0.113 e. The van der Waals surface area contributed by atoms with E-state index in [1.54, 1.807) is 11.3 Å². The average molecular weight is 1040 g/mol. The molecule has 8 heteroatoms. The molecule has 5 heterocycles. The van der Waals surface area contributed by atoms with Gasteiger partial charge in [0.25, 0.3) is 0 Å². The molecule has 0 fully saturated rings. The molecule has 11 rings (SSSR count). The predicted octanol–water partition coefficient (Wildman–Crippen LogP) is 14.4. The van der Waals surface area contributed by atoms with Crippen LogP contribution in [0.1, 0.15) is 32.4 Å². The molecule has 1 radical (unpaired) electrons. The van der Waals surface area contributed by atoms with E-state index in [2.05, 4.69) is 126 Å². The summed E-state index contributed by atoms with van der Waals surface area (Å²) in [5.41, 5.74) is 8.66. The molecular formula is C54H44IrN4S2Si-2. The summed E-state index contributed by atoms with van der Waals surface area (Å²) in [5, 5.41) is 6.04. The zero-order valence-electron chi connectivity index (χ0n) is 37.0. The summed E-state index contributed by atoms with van der Waals surface area (Å²) in [6.45, 7) is 10.7. The SMILES string of the molecule is Cc1ccc2c(n1)sc1c(-c3nc4ccccc4n3-c3ccc4sc5ccccc5c4c3)[c-]ccc12.[2H]C([2H])(c1cc(-c2[c-]cccc2)ncc1[Si](C)(C)C)C(C)c1ccccc1.[Ir]. The average Bonchev–Trinajstić information content (AvgIpc) is 4.00. The van der Waals surface area contributed by atoms with Gasteiger partial charge in [0.2, 0.25) is 0 Å². The summed E-state index contributed by atoms with van der Waals surface area (Å²) in [6, 6.07) is 58.5. The van der Waals surface area contributed by atoms with E-state index in [1.807, 2.05) is 98.1 Å². The molecule has 0 aliphatic heterocycles. The molecule has 0 spiro atoms. The van der Waals surface area contributed by atoms with Gasteiger partial charge in [-0.1, -0.05) is 116 Å². The molecule has 6 aromatic carbocycles. The third-order valence-electron chi connectivity index (χ3n) is 11.2. The van der Waals surface area contributed by atoms with E-state index < -0.39 is 14.4 Å². The molecule has 4 nitrogen and oxygen atoms in total. The summed E-state index contributed by atoms with van der Waals surface area (Å²) < 4.78 is 24.1. The minimum atomic E-state index is -1.77. The van der Waals surface area contributed by atoms with Crippen LogP contribution in [0.25, 0.3) is 79.8 Å². The summed E-state index contributed by atoms with van der Waals surface area (Å²) in [7, 11) is -1.77. The maximum absolute atomic E-state index is 9.04. The fraction of sp³-hybridized carbons (Fsp3) is 0.130. The first kappa shape index (κ1) is 39.3. The van der Waals surface area contributed by atoms with E-state index >= 15 is 0 Å². The second kappa shape index (κ2) is 17.3. The molecule has 11 aromatic rings. The van der Waals surface area contributed by atoms with Gasteiger partial charge in [-0.25, -0.2) is 4.98 Å². The van der Waals surface area contributed by atoms with Gasteiger partial charge in [-0.05, 0) is 88.2 Å². The molecule has 0 saturated carbocycles. The van der Waals surface area contributed by atoms with Crippen molar-refractivity contribution in [2.75, 3.05) is 0 Å². The number of benzene rings is 6. The topological polar surface area (TPSA) is 43.6 Å². The number of fused-ring (bicyclic) bond motifs is 7. The molecule has 0 aliphatic rings. The molecule has 0 bridgehead atoms. The molecule has 0 N–H and O–H groups in total. The van der Waals surface area contributed by atoms with E-state index in [-0.39, 0.29) is 26.0 Å². The number of thiophene rings is 2. The second-order valence-electron chi connectivity index (χ2n) is 16.5. The number of hydrogen-bond donors (Lipinski definition) is 0. The number of hydrogen-bond acceptors (Lipinski definition) is 5. The predicted molar refractivity (Wildman–Crippen MR) is 264 cm³/mol. The molecule has 0 amide bonds. The maximum Gasteiger partial charge on any atom is 0.113 e. The van der Waals surface area contributed by atoms with Crippen LogP contribution in [0.4, 0.5) is 0 Å². The van der Waals surface area contributed by atoms with Crippen molar-refractivity contribution in [1.82, 2.24) is 19.5 Å². The Balaban J connectivity index is 0.000000167. The molecular weight excluding hydrogens is 989 g/mol. The van der Waals surface area contributed by atoms with Crippen molar-refractivity contribution in [2.24, 2.45) is 0 Å². The number of para-hydroxylation sites is 2. The normalized spacial score (nSPS) is 12.9. The van der Waals surface area contributed by atoms with Crippen LogP contribution in [0.15, 0.2) is 158 Å².